The first kappa shape index (κ1) is 13.9. The molecule has 0 aliphatic carbocycles. The van der Waals surface area contributed by atoms with Gasteiger partial charge in [-0.1, -0.05) is 12.1 Å². The minimum absolute atomic E-state index is 0.266. The van der Waals surface area contributed by atoms with Crippen molar-refractivity contribution in [2.24, 2.45) is 0 Å². The van der Waals surface area contributed by atoms with Crippen molar-refractivity contribution in [2.45, 2.75) is 32.9 Å². The van der Waals surface area contributed by atoms with Gasteiger partial charge in [0.2, 0.25) is 0 Å². The quantitative estimate of drug-likeness (QED) is 0.803. The molecule has 1 aromatic rings. The van der Waals surface area contributed by atoms with Gasteiger partial charge in [-0.25, -0.2) is 4.39 Å². The Hall–Kier alpha value is -1.13. The van der Waals surface area contributed by atoms with Crippen LogP contribution in [0.15, 0.2) is 18.2 Å². The number of hydrogen-bond donors (Lipinski definition) is 2. The molecular formula is C13H20FNO2. The van der Waals surface area contributed by atoms with E-state index in [1.54, 1.807) is 12.1 Å². The zero-order chi connectivity index (χ0) is 12.9. The van der Waals surface area contributed by atoms with Gasteiger partial charge in [-0.3, -0.25) is 0 Å². The summed E-state index contributed by atoms with van der Waals surface area (Å²) in [5, 5.41) is 12.6. The topological polar surface area (TPSA) is 41.5 Å². The molecule has 96 valence electrons. The van der Waals surface area contributed by atoms with E-state index in [4.69, 9.17) is 4.74 Å². The summed E-state index contributed by atoms with van der Waals surface area (Å²) in [6, 6.07) is 4.52. The molecule has 4 heteroatoms. The first-order chi connectivity index (χ1) is 7.96. The lowest BCUT2D eigenvalue weighted by Gasteiger charge is -2.25. The van der Waals surface area contributed by atoms with E-state index in [9.17, 15) is 9.50 Å². The van der Waals surface area contributed by atoms with Crippen LogP contribution < -0.4 is 5.32 Å². The maximum absolute atomic E-state index is 13.1. The number of nitrogens with one attached hydrogen (secondary N) is 1. The van der Waals surface area contributed by atoms with Crippen LogP contribution in [0.5, 0.6) is 5.75 Å². The Morgan fingerprint density at radius 2 is 2.12 bits per heavy atom. The van der Waals surface area contributed by atoms with Crippen molar-refractivity contribution in [3.63, 3.8) is 0 Å². The fourth-order valence-corrected chi connectivity index (χ4v) is 1.64. The van der Waals surface area contributed by atoms with Crippen molar-refractivity contribution in [3.8, 4) is 5.75 Å². The summed E-state index contributed by atoms with van der Waals surface area (Å²) < 4.78 is 18.6. The van der Waals surface area contributed by atoms with Gasteiger partial charge in [-0.2, -0.15) is 0 Å². The largest absolute Gasteiger partial charge is 0.505 e. The maximum atomic E-state index is 13.1. The Balaban J connectivity index is 2.49. The van der Waals surface area contributed by atoms with E-state index in [0.717, 1.165) is 0 Å². The highest BCUT2D eigenvalue weighted by molar-refractivity contribution is 5.33. The van der Waals surface area contributed by atoms with Crippen LogP contribution in [0.1, 0.15) is 26.3 Å². The second kappa shape index (κ2) is 5.98. The van der Waals surface area contributed by atoms with E-state index in [1.165, 1.54) is 6.07 Å². The molecule has 0 aliphatic heterocycles. The summed E-state index contributed by atoms with van der Waals surface area (Å²) in [6.45, 7) is 7.61. The SMILES string of the molecule is CCOC(C)(C)CNCc1cccc(F)c1O. The van der Waals surface area contributed by atoms with Crippen molar-refractivity contribution in [3.05, 3.63) is 29.6 Å². The Morgan fingerprint density at radius 1 is 1.41 bits per heavy atom. The number of halogens is 1. The van der Waals surface area contributed by atoms with Gasteiger partial charge in [0.05, 0.1) is 5.60 Å². The van der Waals surface area contributed by atoms with Crippen LogP contribution in [0.2, 0.25) is 0 Å². The molecule has 0 saturated heterocycles. The molecule has 0 aliphatic rings. The number of phenolic OH excluding ortho intramolecular Hbond substituents is 1. The van der Waals surface area contributed by atoms with Crippen LogP contribution in [0, 0.1) is 5.82 Å². The molecule has 3 nitrogen and oxygen atoms in total. The fraction of sp³-hybridized carbons (Fsp3) is 0.538. The Kier molecular flexibility index (Phi) is 4.90. The minimum atomic E-state index is -0.589. The molecule has 0 spiro atoms. The van der Waals surface area contributed by atoms with Crippen LogP contribution >= 0.6 is 0 Å². The van der Waals surface area contributed by atoms with Crippen LogP contribution in [0.4, 0.5) is 4.39 Å². The zero-order valence-electron chi connectivity index (χ0n) is 10.6. The summed E-state index contributed by atoms with van der Waals surface area (Å²) in [4.78, 5) is 0. The molecule has 0 amide bonds. The molecule has 0 atom stereocenters. The normalized spacial score (nSPS) is 11.8. The summed E-state index contributed by atoms with van der Waals surface area (Å²) in [5.74, 6) is -0.873. The van der Waals surface area contributed by atoms with E-state index in [0.29, 0.717) is 25.3 Å². The number of benzene rings is 1. The lowest BCUT2D eigenvalue weighted by atomic mass is 10.1. The highest BCUT2D eigenvalue weighted by Gasteiger charge is 2.17. The predicted molar refractivity (Wildman–Crippen MR) is 65.5 cm³/mol. The molecule has 0 aromatic heterocycles. The van der Waals surface area contributed by atoms with Gasteiger partial charge >= 0.3 is 0 Å². The van der Waals surface area contributed by atoms with Crippen molar-refractivity contribution >= 4 is 0 Å². The number of para-hydroxylation sites is 1. The predicted octanol–water partition coefficient (Wildman–Crippen LogP) is 2.44. The van der Waals surface area contributed by atoms with Gasteiger partial charge in [0.15, 0.2) is 11.6 Å². The molecule has 0 heterocycles. The number of aromatic hydroxyl groups is 1. The van der Waals surface area contributed by atoms with Gasteiger partial charge in [0.1, 0.15) is 0 Å². The summed E-state index contributed by atoms with van der Waals surface area (Å²) in [5.41, 5.74) is 0.287. The molecule has 0 unspecified atom stereocenters. The van der Waals surface area contributed by atoms with Gasteiger partial charge in [-0.05, 0) is 26.8 Å². The zero-order valence-corrected chi connectivity index (χ0v) is 10.6. The number of ether oxygens (including phenoxy) is 1. The molecule has 0 saturated carbocycles. The lowest BCUT2D eigenvalue weighted by Crippen LogP contribution is -2.37. The molecule has 0 bridgehead atoms. The highest BCUT2D eigenvalue weighted by atomic mass is 19.1. The summed E-state index contributed by atoms with van der Waals surface area (Å²) in [6.07, 6.45) is 0. The van der Waals surface area contributed by atoms with E-state index in [1.807, 2.05) is 20.8 Å². The van der Waals surface area contributed by atoms with Crippen molar-refractivity contribution in [1.29, 1.82) is 0 Å². The minimum Gasteiger partial charge on any atom is -0.505 e. The van der Waals surface area contributed by atoms with Gasteiger partial charge in [0.25, 0.3) is 0 Å². The third kappa shape index (κ3) is 4.32. The average Bonchev–Trinajstić information content (AvgIpc) is 2.24. The number of hydrogen-bond acceptors (Lipinski definition) is 3. The monoisotopic (exact) mass is 241 g/mol. The first-order valence-corrected chi connectivity index (χ1v) is 5.77. The first-order valence-electron chi connectivity index (χ1n) is 5.77. The Labute approximate surface area is 102 Å². The molecule has 0 fully saturated rings. The molecule has 1 aromatic carbocycles. The van der Waals surface area contributed by atoms with E-state index in [-0.39, 0.29) is 11.4 Å². The standard InChI is InChI=1S/C13H20FNO2/c1-4-17-13(2,3)9-15-8-10-6-5-7-11(14)12(10)16/h5-7,15-16H,4,8-9H2,1-3H3. The van der Waals surface area contributed by atoms with Crippen LogP contribution in [-0.4, -0.2) is 23.9 Å². The second-order valence-corrected chi connectivity index (χ2v) is 4.54. The maximum Gasteiger partial charge on any atom is 0.165 e. The van der Waals surface area contributed by atoms with Crippen LogP contribution in [-0.2, 0) is 11.3 Å². The van der Waals surface area contributed by atoms with Crippen LogP contribution in [0.3, 0.4) is 0 Å². The molecule has 17 heavy (non-hydrogen) atoms. The van der Waals surface area contributed by atoms with Gasteiger partial charge in [0, 0.05) is 25.3 Å². The molecule has 2 N–H and O–H groups in total. The Morgan fingerprint density at radius 3 is 2.76 bits per heavy atom. The molecule has 0 radical (unpaired) electrons. The van der Waals surface area contributed by atoms with E-state index < -0.39 is 5.82 Å². The smallest absolute Gasteiger partial charge is 0.165 e. The van der Waals surface area contributed by atoms with Crippen molar-refractivity contribution in [2.75, 3.05) is 13.2 Å². The summed E-state index contributed by atoms with van der Waals surface area (Å²) >= 11 is 0. The van der Waals surface area contributed by atoms with E-state index in [2.05, 4.69) is 5.32 Å². The van der Waals surface area contributed by atoms with Gasteiger partial charge in [-0.15, -0.1) is 0 Å². The average molecular weight is 241 g/mol. The summed E-state index contributed by atoms with van der Waals surface area (Å²) in [7, 11) is 0. The third-order valence-electron chi connectivity index (χ3n) is 2.47. The third-order valence-corrected chi connectivity index (χ3v) is 2.47. The lowest BCUT2D eigenvalue weighted by molar-refractivity contribution is -0.00900. The number of rotatable bonds is 6. The molecule has 1 rings (SSSR count). The molecular weight excluding hydrogens is 221 g/mol. The van der Waals surface area contributed by atoms with E-state index >= 15 is 0 Å². The highest BCUT2D eigenvalue weighted by Crippen LogP contribution is 2.20. The number of phenols is 1. The van der Waals surface area contributed by atoms with Gasteiger partial charge < -0.3 is 15.2 Å². The van der Waals surface area contributed by atoms with Crippen molar-refractivity contribution < 1.29 is 14.2 Å². The van der Waals surface area contributed by atoms with Crippen LogP contribution in [0.25, 0.3) is 0 Å². The fourth-order valence-electron chi connectivity index (χ4n) is 1.64. The van der Waals surface area contributed by atoms with Crippen molar-refractivity contribution in [1.82, 2.24) is 5.32 Å². The second-order valence-electron chi connectivity index (χ2n) is 4.54. The Bertz CT molecular complexity index is 366.